The predicted molar refractivity (Wildman–Crippen MR) is 128 cm³/mol. The number of hydrogen-bond acceptors (Lipinski definition) is 7. The van der Waals surface area contributed by atoms with Gasteiger partial charge in [-0.3, -0.25) is 10.1 Å². The molecular formula is C25H28N5O4+. The van der Waals surface area contributed by atoms with Gasteiger partial charge in [0.05, 0.1) is 12.3 Å². The minimum Gasteiger partial charge on any atom is -0.462 e. The maximum atomic E-state index is 12.3. The van der Waals surface area contributed by atoms with E-state index in [4.69, 9.17) is 15.3 Å². The van der Waals surface area contributed by atoms with Gasteiger partial charge in [-0.25, -0.2) is 4.79 Å². The van der Waals surface area contributed by atoms with Crippen LogP contribution in [-0.4, -0.2) is 30.1 Å². The number of aryl methyl sites for hydroxylation is 1. The summed E-state index contributed by atoms with van der Waals surface area (Å²) in [4.78, 5) is 34.6. The first-order valence-corrected chi connectivity index (χ1v) is 11.3. The fraction of sp³-hybridized carbons (Fsp3) is 0.280. The summed E-state index contributed by atoms with van der Waals surface area (Å²) < 4.78 is 6.40. The second-order valence-electron chi connectivity index (χ2n) is 7.86. The van der Waals surface area contributed by atoms with Gasteiger partial charge >= 0.3 is 11.9 Å². The molecule has 34 heavy (non-hydrogen) atoms. The molecule has 0 fully saturated rings. The number of anilines is 4. The normalized spacial score (nSPS) is 12.8. The van der Waals surface area contributed by atoms with Gasteiger partial charge in [0, 0.05) is 18.5 Å². The van der Waals surface area contributed by atoms with E-state index in [2.05, 4.69) is 15.6 Å². The number of esters is 1. The maximum Gasteiger partial charge on any atom is 0.388 e. The molecule has 0 saturated heterocycles. The van der Waals surface area contributed by atoms with E-state index in [1.54, 1.807) is 6.92 Å². The molecule has 176 valence electrons. The van der Waals surface area contributed by atoms with Crippen LogP contribution in [0.15, 0.2) is 54.7 Å². The first-order chi connectivity index (χ1) is 16.5. The highest BCUT2D eigenvalue weighted by molar-refractivity contribution is 5.93. The molecule has 3 aromatic rings. The van der Waals surface area contributed by atoms with E-state index in [1.807, 2.05) is 48.5 Å². The number of benzene rings is 2. The second kappa shape index (κ2) is 10.7. The van der Waals surface area contributed by atoms with Crippen LogP contribution < -0.4 is 25.9 Å². The zero-order chi connectivity index (χ0) is 23.9. The SMILES string of the molecule is CCOC(=O)c1cnc(Nc2ccc3c(c2)NC(=O)CCC3)[n+](OCCc2ccccc2)c1N. The lowest BCUT2D eigenvalue weighted by Crippen LogP contribution is -2.49. The van der Waals surface area contributed by atoms with E-state index < -0.39 is 5.97 Å². The van der Waals surface area contributed by atoms with E-state index >= 15 is 0 Å². The summed E-state index contributed by atoms with van der Waals surface area (Å²) in [6.45, 7) is 2.24. The summed E-state index contributed by atoms with van der Waals surface area (Å²) in [5, 5.41) is 6.13. The molecule has 4 rings (SSSR count). The first-order valence-electron chi connectivity index (χ1n) is 11.3. The fourth-order valence-corrected chi connectivity index (χ4v) is 3.72. The van der Waals surface area contributed by atoms with Crippen LogP contribution in [0.3, 0.4) is 0 Å². The summed E-state index contributed by atoms with van der Waals surface area (Å²) >= 11 is 0. The molecule has 1 aliphatic rings. The lowest BCUT2D eigenvalue weighted by atomic mass is 10.1. The minimum absolute atomic E-state index is 0.00336. The monoisotopic (exact) mass is 462 g/mol. The van der Waals surface area contributed by atoms with Gasteiger partial charge in [0.15, 0.2) is 5.56 Å². The van der Waals surface area contributed by atoms with Crippen molar-refractivity contribution in [2.75, 3.05) is 29.6 Å². The van der Waals surface area contributed by atoms with Gasteiger partial charge in [0.2, 0.25) is 11.7 Å². The van der Waals surface area contributed by atoms with Crippen molar-refractivity contribution in [1.82, 2.24) is 4.98 Å². The van der Waals surface area contributed by atoms with Crippen LogP contribution in [0.1, 0.15) is 41.3 Å². The van der Waals surface area contributed by atoms with Crippen molar-refractivity contribution < 1.29 is 23.9 Å². The van der Waals surface area contributed by atoms with Crippen molar-refractivity contribution in [3.8, 4) is 0 Å². The number of nitrogens with one attached hydrogen (secondary N) is 2. The summed E-state index contributed by atoms with van der Waals surface area (Å²) in [6, 6.07) is 15.6. The number of hydrogen-bond donors (Lipinski definition) is 3. The van der Waals surface area contributed by atoms with Gasteiger partial charge in [-0.15, -0.1) is 4.98 Å². The molecule has 9 heteroatoms. The Bertz CT molecular complexity index is 1180. The third-order valence-corrected chi connectivity index (χ3v) is 5.44. The zero-order valence-electron chi connectivity index (χ0n) is 19.0. The summed E-state index contributed by atoms with van der Waals surface area (Å²) in [5.74, 6) is -0.214. The second-order valence-corrected chi connectivity index (χ2v) is 7.86. The van der Waals surface area contributed by atoms with Crippen molar-refractivity contribution in [3.63, 3.8) is 0 Å². The number of amides is 1. The van der Waals surface area contributed by atoms with Crippen molar-refractivity contribution in [1.29, 1.82) is 0 Å². The third kappa shape index (κ3) is 5.43. The number of fused-ring (bicyclic) bond motifs is 1. The lowest BCUT2D eigenvalue weighted by Gasteiger charge is -2.14. The minimum atomic E-state index is -0.577. The van der Waals surface area contributed by atoms with Crippen LogP contribution >= 0.6 is 0 Å². The third-order valence-electron chi connectivity index (χ3n) is 5.44. The Morgan fingerprint density at radius 3 is 2.82 bits per heavy atom. The molecule has 4 N–H and O–H groups in total. The van der Waals surface area contributed by atoms with Crippen LogP contribution in [0.5, 0.6) is 0 Å². The number of carbonyl (C=O) groups excluding carboxylic acids is 2. The van der Waals surface area contributed by atoms with E-state index in [9.17, 15) is 9.59 Å². The molecule has 0 spiro atoms. The lowest BCUT2D eigenvalue weighted by molar-refractivity contribution is -0.870. The van der Waals surface area contributed by atoms with Gasteiger partial charge in [-0.1, -0.05) is 36.4 Å². The van der Waals surface area contributed by atoms with Gasteiger partial charge in [-0.05, 0) is 47.8 Å². The molecule has 2 aromatic carbocycles. The number of ether oxygens (including phenoxy) is 1. The molecule has 0 atom stereocenters. The summed E-state index contributed by atoms with van der Waals surface area (Å²) in [6.07, 6.45) is 4.14. The quantitative estimate of drug-likeness (QED) is 0.348. The molecule has 2 heterocycles. The van der Waals surface area contributed by atoms with Crippen molar-refractivity contribution in [2.45, 2.75) is 32.6 Å². The molecule has 0 radical (unpaired) electrons. The van der Waals surface area contributed by atoms with Crippen LogP contribution in [-0.2, 0) is 22.4 Å². The zero-order valence-corrected chi connectivity index (χ0v) is 19.0. The number of nitrogens with two attached hydrogens (primary N) is 1. The Labute approximate surface area is 197 Å². The number of rotatable bonds is 8. The fourth-order valence-electron chi connectivity index (χ4n) is 3.72. The van der Waals surface area contributed by atoms with Gasteiger partial charge in [0.25, 0.3) is 0 Å². The molecule has 1 aliphatic heterocycles. The van der Waals surface area contributed by atoms with Crippen LogP contribution in [0.2, 0.25) is 0 Å². The van der Waals surface area contributed by atoms with Crippen molar-refractivity contribution in [3.05, 3.63) is 71.4 Å². The van der Waals surface area contributed by atoms with Crippen molar-refractivity contribution >= 4 is 35.0 Å². The standard InChI is InChI=1S/C25H27N5O4/c1-2-33-24(32)20-16-27-25(30(23(20)26)34-14-13-17-7-4-3-5-8-17)28-19-12-11-18-9-6-10-22(31)29-21(18)15-19/h3-5,7-8,11-12,15-16H,2,6,9-10,13-14H2,1H3,(H3,26,27,28,29,31,32)/p+1. The average Bonchev–Trinajstić information content (AvgIpc) is 3.01. The number of nitrogen functional groups attached to an aromatic ring is 1. The molecule has 0 aliphatic carbocycles. The highest BCUT2D eigenvalue weighted by Crippen LogP contribution is 2.26. The van der Waals surface area contributed by atoms with E-state index in [0.717, 1.165) is 29.7 Å². The predicted octanol–water partition coefficient (Wildman–Crippen LogP) is 2.82. The van der Waals surface area contributed by atoms with Crippen LogP contribution in [0.25, 0.3) is 0 Å². The molecule has 1 amide bonds. The van der Waals surface area contributed by atoms with E-state index in [-0.39, 0.29) is 23.9 Å². The van der Waals surface area contributed by atoms with Gasteiger partial charge in [0.1, 0.15) is 12.8 Å². The highest BCUT2D eigenvalue weighted by Gasteiger charge is 2.25. The van der Waals surface area contributed by atoms with E-state index in [0.29, 0.717) is 31.1 Å². The first kappa shape index (κ1) is 23.0. The Morgan fingerprint density at radius 1 is 1.21 bits per heavy atom. The average molecular weight is 463 g/mol. The highest BCUT2D eigenvalue weighted by atomic mass is 16.7. The largest absolute Gasteiger partial charge is 0.462 e. The Kier molecular flexibility index (Phi) is 7.22. The van der Waals surface area contributed by atoms with Crippen LogP contribution in [0, 0.1) is 0 Å². The van der Waals surface area contributed by atoms with E-state index in [1.165, 1.54) is 10.9 Å². The molecule has 0 bridgehead atoms. The topological polar surface area (TPSA) is 119 Å². The number of carbonyl (C=O) groups is 2. The molecule has 0 saturated carbocycles. The maximum absolute atomic E-state index is 12.3. The molecule has 0 unspecified atom stereocenters. The molecule has 9 nitrogen and oxygen atoms in total. The molecule has 1 aromatic heterocycles. The summed E-state index contributed by atoms with van der Waals surface area (Å²) in [7, 11) is 0. The van der Waals surface area contributed by atoms with Gasteiger partial charge in [-0.2, -0.15) is 0 Å². The van der Waals surface area contributed by atoms with Gasteiger partial charge < -0.3 is 20.6 Å². The Morgan fingerprint density at radius 2 is 2.03 bits per heavy atom. The number of aromatic nitrogens is 2. The Hall–Kier alpha value is -4.14. The smallest absolute Gasteiger partial charge is 0.388 e. The summed E-state index contributed by atoms with van der Waals surface area (Å²) in [5.41, 5.74) is 10.0. The van der Waals surface area contributed by atoms with Crippen molar-refractivity contribution in [2.24, 2.45) is 0 Å². The Balaban J connectivity index is 1.61. The number of nitrogens with zero attached hydrogens (tertiary/aromatic N) is 2. The van der Waals surface area contributed by atoms with Crippen LogP contribution in [0.4, 0.5) is 23.1 Å². The molecular weight excluding hydrogens is 434 g/mol.